The molecule has 0 spiro atoms. The predicted octanol–water partition coefficient (Wildman–Crippen LogP) is 0.504. The molecule has 2 heterocycles. The minimum absolute atomic E-state index is 0.0732. The molecule has 2 saturated heterocycles. The molecule has 1 aliphatic carbocycles. The molecular weight excluding hydrogens is 333 g/mol. The zero-order valence-corrected chi connectivity index (χ0v) is 13.2. The van der Waals surface area contributed by atoms with E-state index < -0.39 is 38.9 Å². The van der Waals surface area contributed by atoms with Crippen LogP contribution in [0, 0.1) is 11.8 Å². The van der Waals surface area contributed by atoms with E-state index in [-0.39, 0.29) is 18.4 Å². The summed E-state index contributed by atoms with van der Waals surface area (Å²) >= 11 is 12.4. The maximum absolute atomic E-state index is 11.0. The molecule has 1 saturated carbocycles. The Hall–Kier alpha value is 0.330. The molecular formula is C10H15Cl2NO6S. The molecule has 4 atom stereocenters. The highest BCUT2D eigenvalue weighted by Crippen LogP contribution is 2.67. The number of hydrogen-bond donors (Lipinski definition) is 1. The molecule has 0 aromatic heterocycles. The van der Waals surface area contributed by atoms with Crippen LogP contribution in [-0.2, 0) is 28.7 Å². The van der Waals surface area contributed by atoms with E-state index in [1.54, 1.807) is 13.8 Å². The predicted molar refractivity (Wildman–Crippen MR) is 69.2 cm³/mol. The lowest BCUT2D eigenvalue weighted by molar-refractivity contribution is -0.276. The van der Waals surface area contributed by atoms with Crippen molar-refractivity contribution in [1.29, 1.82) is 0 Å². The molecule has 3 rings (SSSR count). The summed E-state index contributed by atoms with van der Waals surface area (Å²) in [7, 11) is -4.12. The maximum Gasteiger partial charge on any atom is 0.333 e. The van der Waals surface area contributed by atoms with Gasteiger partial charge in [0.25, 0.3) is 0 Å². The topological polar surface area (TPSA) is 97.1 Å². The van der Waals surface area contributed by atoms with Gasteiger partial charge in [-0.2, -0.15) is 8.42 Å². The zero-order chi connectivity index (χ0) is 15.0. The number of nitrogens with two attached hydrogens (primary N) is 1. The van der Waals surface area contributed by atoms with E-state index in [4.69, 9.17) is 42.6 Å². The van der Waals surface area contributed by atoms with Crippen molar-refractivity contribution in [3.63, 3.8) is 0 Å². The first-order chi connectivity index (χ1) is 8.97. The van der Waals surface area contributed by atoms with E-state index in [9.17, 15) is 8.42 Å². The Kier molecular flexibility index (Phi) is 3.20. The summed E-state index contributed by atoms with van der Waals surface area (Å²) in [4.78, 5) is 0. The van der Waals surface area contributed by atoms with Gasteiger partial charge in [-0.3, -0.25) is 4.18 Å². The van der Waals surface area contributed by atoms with Crippen LogP contribution in [0.15, 0.2) is 0 Å². The lowest BCUT2D eigenvalue weighted by Crippen LogP contribution is -2.52. The Balaban J connectivity index is 1.87. The highest BCUT2D eigenvalue weighted by atomic mass is 35.5. The number of alkyl halides is 2. The Morgan fingerprint density at radius 3 is 2.65 bits per heavy atom. The third kappa shape index (κ3) is 2.36. The maximum atomic E-state index is 11.0. The quantitative estimate of drug-likeness (QED) is 0.747. The summed E-state index contributed by atoms with van der Waals surface area (Å²) in [5, 5.41) is 4.84. The van der Waals surface area contributed by atoms with Gasteiger partial charge in [-0.05, 0) is 13.8 Å². The second-order valence-electron chi connectivity index (χ2n) is 5.72. The number of halogens is 2. The highest BCUT2D eigenvalue weighted by molar-refractivity contribution is 7.84. The lowest BCUT2D eigenvalue weighted by atomic mass is 10.0. The summed E-state index contributed by atoms with van der Waals surface area (Å²) in [6.07, 6.45) is -0.618. The van der Waals surface area contributed by atoms with E-state index >= 15 is 0 Å². The fourth-order valence-electron chi connectivity index (χ4n) is 2.94. The van der Waals surface area contributed by atoms with Crippen molar-refractivity contribution in [3.05, 3.63) is 0 Å². The van der Waals surface area contributed by atoms with E-state index in [1.807, 2.05) is 0 Å². The number of hydrogen-bond acceptors (Lipinski definition) is 6. The van der Waals surface area contributed by atoms with Crippen LogP contribution in [0.4, 0.5) is 0 Å². The fraction of sp³-hybridized carbons (Fsp3) is 1.00. The van der Waals surface area contributed by atoms with Crippen molar-refractivity contribution in [2.45, 2.75) is 35.9 Å². The van der Waals surface area contributed by atoms with E-state index in [0.29, 0.717) is 0 Å². The molecule has 0 bridgehead atoms. The monoisotopic (exact) mass is 347 g/mol. The van der Waals surface area contributed by atoms with Crippen molar-refractivity contribution in [1.82, 2.24) is 0 Å². The molecule has 0 unspecified atom stereocenters. The number of ether oxygens (including phenoxy) is 3. The second-order valence-corrected chi connectivity index (χ2v) is 8.39. The van der Waals surface area contributed by atoms with Crippen LogP contribution in [0.25, 0.3) is 0 Å². The molecule has 0 amide bonds. The highest BCUT2D eigenvalue weighted by Gasteiger charge is 2.77. The van der Waals surface area contributed by atoms with Crippen molar-refractivity contribution in [2.75, 3.05) is 13.2 Å². The minimum Gasteiger partial charge on any atom is -0.345 e. The molecule has 0 aromatic rings. The number of rotatable bonds is 3. The number of fused-ring (bicyclic) bond motifs is 3. The van der Waals surface area contributed by atoms with Crippen LogP contribution >= 0.6 is 23.2 Å². The van der Waals surface area contributed by atoms with Crippen molar-refractivity contribution in [3.8, 4) is 0 Å². The third-order valence-corrected chi connectivity index (χ3v) is 5.29. The molecule has 0 radical (unpaired) electrons. The van der Waals surface area contributed by atoms with E-state index in [0.717, 1.165) is 0 Å². The molecule has 3 aliphatic rings. The smallest absolute Gasteiger partial charge is 0.333 e. The largest absolute Gasteiger partial charge is 0.345 e. The molecule has 0 aromatic carbocycles. The summed E-state index contributed by atoms with van der Waals surface area (Å²) in [5.74, 6) is -2.61. The van der Waals surface area contributed by atoms with Crippen molar-refractivity contribution < 1.29 is 26.8 Å². The van der Waals surface area contributed by atoms with Crippen LogP contribution in [0.3, 0.4) is 0 Å². The average molecular weight is 348 g/mol. The Labute approximate surface area is 126 Å². The molecule has 2 aliphatic heterocycles. The van der Waals surface area contributed by atoms with Gasteiger partial charge in [0.15, 0.2) is 5.79 Å². The Morgan fingerprint density at radius 2 is 2.05 bits per heavy atom. The molecule has 10 heteroatoms. The standard InChI is InChI=1S/C10H15Cl2NO6S/c1-8(2)18-7-6-5(10(6,11)12)3-16-9(7,19-8)4-17-20(13,14)15/h5-7H,3-4H2,1-2H3,(H2,13,14,15)/t5-,6-,7+,9+/m1/s1. The van der Waals surface area contributed by atoms with Gasteiger partial charge >= 0.3 is 10.3 Å². The van der Waals surface area contributed by atoms with Crippen LogP contribution in [0.5, 0.6) is 0 Å². The van der Waals surface area contributed by atoms with E-state index in [2.05, 4.69) is 4.18 Å². The summed E-state index contributed by atoms with van der Waals surface area (Å²) in [6.45, 7) is 3.21. The van der Waals surface area contributed by atoms with Crippen molar-refractivity contribution in [2.24, 2.45) is 17.0 Å². The van der Waals surface area contributed by atoms with Gasteiger partial charge in [0.2, 0.25) is 5.79 Å². The Morgan fingerprint density at radius 1 is 1.40 bits per heavy atom. The van der Waals surface area contributed by atoms with E-state index in [1.165, 1.54) is 0 Å². The van der Waals surface area contributed by atoms with Gasteiger partial charge < -0.3 is 14.2 Å². The van der Waals surface area contributed by atoms with Gasteiger partial charge in [0, 0.05) is 11.8 Å². The van der Waals surface area contributed by atoms with Crippen LogP contribution in [0.2, 0.25) is 0 Å². The second kappa shape index (κ2) is 4.20. The molecule has 7 nitrogen and oxygen atoms in total. The average Bonchev–Trinajstić information content (AvgIpc) is 2.68. The normalized spacial score (nSPS) is 44.8. The van der Waals surface area contributed by atoms with Gasteiger partial charge in [-0.25, -0.2) is 5.14 Å². The van der Waals surface area contributed by atoms with Crippen LogP contribution in [-0.4, -0.2) is 43.6 Å². The Bertz CT molecular complexity index is 538. The molecule has 20 heavy (non-hydrogen) atoms. The van der Waals surface area contributed by atoms with Gasteiger partial charge in [0.05, 0.1) is 6.61 Å². The fourth-order valence-corrected chi connectivity index (χ4v) is 4.08. The summed E-state index contributed by atoms with van der Waals surface area (Å²) in [5.41, 5.74) is 0. The first kappa shape index (κ1) is 15.2. The summed E-state index contributed by atoms with van der Waals surface area (Å²) < 4.78 is 42.8. The first-order valence-corrected chi connectivity index (χ1v) is 8.27. The molecule has 2 N–H and O–H groups in total. The van der Waals surface area contributed by atoms with Gasteiger partial charge in [-0.1, -0.05) is 0 Å². The summed E-state index contributed by atoms with van der Waals surface area (Å²) in [6, 6.07) is 0. The van der Waals surface area contributed by atoms with Gasteiger partial charge in [-0.15, -0.1) is 23.2 Å². The van der Waals surface area contributed by atoms with Gasteiger partial charge in [0.1, 0.15) is 17.0 Å². The molecule has 116 valence electrons. The van der Waals surface area contributed by atoms with Crippen LogP contribution in [0.1, 0.15) is 13.8 Å². The zero-order valence-electron chi connectivity index (χ0n) is 10.8. The lowest BCUT2D eigenvalue weighted by Gasteiger charge is -2.34. The SMILES string of the molecule is CC1(C)O[C@H]2[C@H]3[C@@H](CO[C@@]2(COS(N)(=O)=O)O1)C3(Cl)Cl. The van der Waals surface area contributed by atoms with Crippen molar-refractivity contribution >= 4 is 33.5 Å². The molecule has 3 fully saturated rings. The first-order valence-electron chi connectivity index (χ1n) is 6.04. The van der Waals surface area contributed by atoms with Crippen LogP contribution < -0.4 is 5.14 Å². The third-order valence-electron chi connectivity index (χ3n) is 3.78. The minimum atomic E-state index is -4.12.